The van der Waals surface area contributed by atoms with E-state index in [2.05, 4.69) is 20.7 Å². The Balaban J connectivity index is 1.28. The number of non-ortho nitro benzene ring substituents is 1. The van der Waals surface area contributed by atoms with Crippen LogP contribution in [0.4, 0.5) is 17.1 Å². The largest absolute Gasteiger partial charge is 0.419 e. The molecule has 2 amide bonds. The van der Waals surface area contributed by atoms with E-state index in [1.807, 2.05) is 0 Å². The van der Waals surface area contributed by atoms with Crippen LogP contribution in [0, 0.1) is 10.1 Å². The molecule has 0 aliphatic rings. The van der Waals surface area contributed by atoms with Crippen molar-refractivity contribution in [2.75, 3.05) is 10.6 Å². The first-order valence-electron chi connectivity index (χ1n) is 10.6. The van der Waals surface area contributed by atoms with Crippen molar-refractivity contribution in [3.8, 4) is 0 Å². The van der Waals surface area contributed by atoms with E-state index < -0.39 is 16.7 Å². The van der Waals surface area contributed by atoms with Gasteiger partial charge in [0.25, 0.3) is 5.69 Å². The number of amides is 2. The van der Waals surface area contributed by atoms with E-state index in [0.717, 1.165) is 0 Å². The highest BCUT2D eigenvalue weighted by molar-refractivity contribution is 5.94. The van der Waals surface area contributed by atoms with Gasteiger partial charge in [-0.3, -0.25) is 24.3 Å². The molecule has 0 aliphatic heterocycles. The van der Waals surface area contributed by atoms with Crippen molar-refractivity contribution in [2.45, 2.75) is 32.4 Å². The van der Waals surface area contributed by atoms with Crippen LogP contribution in [0.1, 0.15) is 25.8 Å². The zero-order valence-corrected chi connectivity index (χ0v) is 18.6. The third kappa shape index (κ3) is 5.40. The van der Waals surface area contributed by atoms with Gasteiger partial charge < -0.3 is 15.1 Å². The summed E-state index contributed by atoms with van der Waals surface area (Å²) >= 11 is 0. The van der Waals surface area contributed by atoms with Crippen molar-refractivity contribution in [1.82, 2.24) is 19.3 Å². The molecule has 1 atom stereocenters. The highest BCUT2D eigenvalue weighted by Gasteiger charge is 2.16. The smallest absolute Gasteiger partial charge is 0.407 e. The number of carbonyl (C=O) groups excluding carboxylic acids is 2. The number of hydrogen-bond acceptors (Lipinski definition) is 8. The number of nitro groups is 1. The second-order valence-electron chi connectivity index (χ2n) is 7.70. The zero-order chi connectivity index (χ0) is 24.9. The number of aromatic nitrogens is 4. The lowest BCUT2D eigenvalue weighted by molar-refractivity contribution is -0.384. The number of aryl methyl sites for hydroxylation is 1. The quantitative estimate of drug-likeness (QED) is 0.273. The van der Waals surface area contributed by atoms with Gasteiger partial charge in [0, 0.05) is 30.4 Å². The molecule has 0 saturated heterocycles. The Hall–Kier alpha value is -4.81. The van der Waals surface area contributed by atoms with E-state index in [9.17, 15) is 24.5 Å². The molecular weight excluding hydrogens is 458 g/mol. The van der Waals surface area contributed by atoms with E-state index >= 15 is 0 Å². The molecule has 13 nitrogen and oxygen atoms in total. The number of nitrogens with one attached hydrogen (secondary N) is 2. The minimum atomic E-state index is -0.642. The number of oxazole rings is 1. The average Bonchev–Trinajstić information content (AvgIpc) is 3.47. The number of nitro benzene ring substituents is 1. The SMILES string of the molecule is CC(C(=O)Nc1ccc(NC(=O)CCCn2c(=O)oc3cc([N+](=O)[O-])ccc32)cc1)n1cncn1. The van der Waals surface area contributed by atoms with Crippen molar-refractivity contribution in [3.05, 3.63) is 75.8 Å². The molecule has 0 aliphatic carbocycles. The van der Waals surface area contributed by atoms with Crippen molar-refractivity contribution >= 4 is 40.0 Å². The van der Waals surface area contributed by atoms with Crippen LogP contribution in [-0.4, -0.2) is 36.1 Å². The second kappa shape index (κ2) is 9.99. The van der Waals surface area contributed by atoms with Gasteiger partial charge in [0.05, 0.1) is 16.5 Å². The van der Waals surface area contributed by atoms with Gasteiger partial charge in [-0.25, -0.2) is 14.5 Å². The number of fused-ring (bicyclic) bond motifs is 1. The van der Waals surface area contributed by atoms with Gasteiger partial charge in [0.15, 0.2) is 5.58 Å². The van der Waals surface area contributed by atoms with Crippen LogP contribution in [0.15, 0.2) is 64.3 Å². The number of carbonyl (C=O) groups is 2. The van der Waals surface area contributed by atoms with E-state index in [-0.39, 0.29) is 36.1 Å². The molecule has 2 heterocycles. The summed E-state index contributed by atoms with van der Waals surface area (Å²) < 4.78 is 7.86. The van der Waals surface area contributed by atoms with Crippen molar-refractivity contribution < 1.29 is 18.9 Å². The van der Waals surface area contributed by atoms with Crippen LogP contribution in [0.25, 0.3) is 11.1 Å². The van der Waals surface area contributed by atoms with Gasteiger partial charge in [-0.2, -0.15) is 5.10 Å². The normalized spacial score (nSPS) is 11.8. The summed E-state index contributed by atoms with van der Waals surface area (Å²) in [7, 11) is 0. The lowest BCUT2D eigenvalue weighted by Gasteiger charge is -2.12. The molecule has 1 unspecified atom stereocenters. The van der Waals surface area contributed by atoms with Gasteiger partial charge >= 0.3 is 5.76 Å². The Labute approximate surface area is 197 Å². The summed E-state index contributed by atoms with van der Waals surface area (Å²) in [4.78, 5) is 50.8. The van der Waals surface area contributed by atoms with E-state index in [1.165, 1.54) is 40.1 Å². The minimum Gasteiger partial charge on any atom is -0.407 e. The van der Waals surface area contributed by atoms with Crippen LogP contribution in [0.3, 0.4) is 0 Å². The number of nitrogens with zero attached hydrogens (tertiary/aromatic N) is 5. The maximum atomic E-state index is 12.3. The summed E-state index contributed by atoms with van der Waals surface area (Å²) in [6.45, 7) is 1.91. The maximum Gasteiger partial charge on any atom is 0.419 e. The summed E-state index contributed by atoms with van der Waals surface area (Å²) in [5.74, 6) is -1.15. The van der Waals surface area contributed by atoms with Crippen LogP contribution in [0.5, 0.6) is 0 Å². The molecule has 4 rings (SSSR count). The first-order valence-corrected chi connectivity index (χ1v) is 10.6. The Morgan fingerprint density at radius 1 is 1.14 bits per heavy atom. The highest BCUT2D eigenvalue weighted by Crippen LogP contribution is 2.20. The maximum absolute atomic E-state index is 12.3. The topological polar surface area (TPSA) is 167 Å². The number of benzene rings is 2. The minimum absolute atomic E-state index is 0.122. The Morgan fingerprint density at radius 3 is 2.51 bits per heavy atom. The molecule has 180 valence electrons. The van der Waals surface area contributed by atoms with Gasteiger partial charge in [-0.15, -0.1) is 0 Å². The van der Waals surface area contributed by atoms with E-state index in [0.29, 0.717) is 23.3 Å². The van der Waals surface area contributed by atoms with Crippen molar-refractivity contribution in [1.29, 1.82) is 0 Å². The second-order valence-corrected chi connectivity index (χ2v) is 7.70. The van der Waals surface area contributed by atoms with Crippen LogP contribution >= 0.6 is 0 Å². The molecule has 2 aromatic carbocycles. The molecule has 2 N–H and O–H groups in total. The fourth-order valence-corrected chi connectivity index (χ4v) is 3.42. The molecule has 13 heteroatoms. The molecule has 35 heavy (non-hydrogen) atoms. The van der Waals surface area contributed by atoms with Crippen molar-refractivity contribution in [3.63, 3.8) is 0 Å². The summed E-state index contributed by atoms with van der Waals surface area (Å²) in [5.41, 5.74) is 1.49. The summed E-state index contributed by atoms with van der Waals surface area (Å²) in [6.07, 6.45) is 3.30. The molecule has 4 aromatic rings. The third-order valence-electron chi connectivity index (χ3n) is 5.30. The Bertz CT molecular complexity index is 1420. The summed E-state index contributed by atoms with van der Waals surface area (Å²) in [6, 6.07) is 10.1. The Kier molecular flexibility index (Phi) is 6.66. The summed E-state index contributed by atoms with van der Waals surface area (Å²) in [5, 5.41) is 20.4. The Morgan fingerprint density at radius 2 is 1.86 bits per heavy atom. The standard InChI is InChI=1S/C22H21N7O6/c1-14(28-13-23-12-24-28)21(31)26-16-6-4-15(5-7-16)25-20(30)3-2-10-27-18-9-8-17(29(33)34)11-19(18)35-22(27)32/h4-9,11-14H,2-3,10H2,1H3,(H,25,30)(H,26,31). The number of rotatable bonds is 9. The predicted octanol–water partition coefficient (Wildman–Crippen LogP) is 2.71. The molecule has 0 fully saturated rings. The van der Waals surface area contributed by atoms with Crippen molar-refractivity contribution in [2.24, 2.45) is 0 Å². The first kappa shape index (κ1) is 23.4. The van der Waals surface area contributed by atoms with E-state index in [4.69, 9.17) is 4.42 Å². The lowest BCUT2D eigenvalue weighted by atomic mass is 10.2. The number of anilines is 2. The fourth-order valence-electron chi connectivity index (χ4n) is 3.42. The molecule has 0 radical (unpaired) electrons. The highest BCUT2D eigenvalue weighted by atomic mass is 16.6. The monoisotopic (exact) mass is 479 g/mol. The number of hydrogen-bond donors (Lipinski definition) is 2. The molecule has 2 aromatic heterocycles. The third-order valence-corrected chi connectivity index (χ3v) is 5.30. The van der Waals surface area contributed by atoms with Gasteiger partial charge in [-0.05, 0) is 43.7 Å². The van der Waals surface area contributed by atoms with Crippen LogP contribution in [0.2, 0.25) is 0 Å². The first-order chi connectivity index (χ1) is 16.8. The molecule has 0 spiro atoms. The van der Waals surface area contributed by atoms with Gasteiger partial charge in [-0.1, -0.05) is 0 Å². The zero-order valence-electron chi connectivity index (χ0n) is 18.6. The van der Waals surface area contributed by atoms with E-state index in [1.54, 1.807) is 31.2 Å². The molecule has 0 saturated carbocycles. The van der Waals surface area contributed by atoms with Gasteiger partial charge in [0.2, 0.25) is 11.8 Å². The predicted molar refractivity (Wildman–Crippen MR) is 125 cm³/mol. The van der Waals surface area contributed by atoms with Crippen LogP contribution < -0.4 is 16.4 Å². The lowest BCUT2D eigenvalue weighted by Crippen LogP contribution is -2.24. The average molecular weight is 479 g/mol. The van der Waals surface area contributed by atoms with Gasteiger partial charge in [0.1, 0.15) is 18.7 Å². The van der Waals surface area contributed by atoms with Crippen LogP contribution in [-0.2, 0) is 16.1 Å². The molecular formula is C22H21N7O6. The molecule has 0 bridgehead atoms. The fraction of sp³-hybridized carbons (Fsp3) is 0.227.